The van der Waals surface area contributed by atoms with Gasteiger partial charge in [0.25, 0.3) is 0 Å². The van der Waals surface area contributed by atoms with Crippen LogP contribution in [0.15, 0.2) is 48.8 Å². The molecule has 8 heteroatoms. The van der Waals surface area contributed by atoms with Crippen LogP contribution in [0.3, 0.4) is 0 Å². The van der Waals surface area contributed by atoms with Crippen LogP contribution in [0.5, 0.6) is 5.75 Å². The molecule has 0 spiro atoms. The van der Waals surface area contributed by atoms with Crippen LogP contribution in [-0.4, -0.2) is 34.0 Å². The van der Waals surface area contributed by atoms with Gasteiger partial charge in [-0.1, -0.05) is 6.07 Å². The predicted octanol–water partition coefficient (Wildman–Crippen LogP) is 4.02. The maximum atomic E-state index is 12.7. The molecule has 0 aliphatic carbocycles. The Kier molecular flexibility index (Phi) is 5.44. The zero-order chi connectivity index (χ0) is 19.4. The number of hydrogen-bond acceptors (Lipinski definition) is 5. The van der Waals surface area contributed by atoms with Crippen LogP contribution in [0.25, 0.3) is 16.9 Å². The Morgan fingerprint density at radius 1 is 1.26 bits per heavy atom. The number of hydrogen-bond donors (Lipinski definition) is 0. The molecule has 2 heterocycles. The number of pyridine rings is 1. The minimum Gasteiger partial charge on any atom is -0.462 e. The lowest BCUT2D eigenvalue weighted by Crippen LogP contribution is -2.05. The summed E-state index contributed by atoms with van der Waals surface area (Å²) in [6.45, 7) is 0.711. The summed E-state index contributed by atoms with van der Waals surface area (Å²) < 4.78 is 36.6. The van der Waals surface area contributed by atoms with E-state index in [4.69, 9.17) is 4.74 Å². The van der Waals surface area contributed by atoms with Crippen LogP contribution in [-0.2, 0) is 4.74 Å². The molecule has 6 nitrogen and oxygen atoms in total. The van der Waals surface area contributed by atoms with Gasteiger partial charge in [-0.15, -0.1) is 0 Å². The standard InChI is InChI=1S/C19H17F2N3O3/c1-3-26-18(25)15-11-24(23-12(15)2)13-7-8-17(27-19(20)21)14(10-13)16-6-4-5-9-22-16/h4-11,19H,3H2,1-2H3. The highest BCUT2D eigenvalue weighted by Gasteiger charge is 2.17. The third-order valence-corrected chi connectivity index (χ3v) is 3.78. The molecule has 0 bridgehead atoms. The molecule has 0 amide bonds. The molecule has 0 fully saturated rings. The van der Waals surface area contributed by atoms with E-state index in [1.807, 2.05) is 0 Å². The average Bonchev–Trinajstić information content (AvgIpc) is 3.04. The molecule has 0 aliphatic rings. The van der Waals surface area contributed by atoms with Gasteiger partial charge in [0.2, 0.25) is 0 Å². The number of aryl methyl sites for hydroxylation is 1. The summed E-state index contributed by atoms with van der Waals surface area (Å²) in [6.07, 6.45) is 3.10. The smallest absolute Gasteiger partial charge is 0.387 e. The van der Waals surface area contributed by atoms with Crippen molar-refractivity contribution in [2.24, 2.45) is 0 Å². The van der Waals surface area contributed by atoms with E-state index in [-0.39, 0.29) is 12.4 Å². The van der Waals surface area contributed by atoms with E-state index >= 15 is 0 Å². The molecular formula is C19H17F2N3O3. The molecule has 0 unspecified atom stereocenters. The van der Waals surface area contributed by atoms with Crippen LogP contribution in [0.1, 0.15) is 23.0 Å². The van der Waals surface area contributed by atoms with E-state index in [0.717, 1.165) is 0 Å². The molecule has 1 aromatic carbocycles. The Morgan fingerprint density at radius 3 is 2.74 bits per heavy atom. The first-order chi connectivity index (χ1) is 13.0. The quantitative estimate of drug-likeness (QED) is 0.611. The van der Waals surface area contributed by atoms with Crippen molar-refractivity contribution in [3.63, 3.8) is 0 Å². The van der Waals surface area contributed by atoms with Crippen molar-refractivity contribution >= 4 is 5.97 Å². The van der Waals surface area contributed by atoms with Gasteiger partial charge >= 0.3 is 12.6 Å². The van der Waals surface area contributed by atoms with Crippen molar-refractivity contribution in [2.75, 3.05) is 6.61 Å². The lowest BCUT2D eigenvalue weighted by atomic mass is 10.1. The number of halogens is 2. The first kappa shape index (κ1) is 18.5. The lowest BCUT2D eigenvalue weighted by molar-refractivity contribution is -0.0494. The molecular weight excluding hydrogens is 356 g/mol. The van der Waals surface area contributed by atoms with Gasteiger partial charge in [-0.25, -0.2) is 9.48 Å². The summed E-state index contributed by atoms with van der Waals surface area (Å²) in [5, 5.41) is 4.32. The van der Waals surface area contributed by atoms with Crippen LogP contribution in [0.4, 0.5) is 8.78 Å². The summed E-state index contributed by atoms with van der Waals surface area (Å²) in [5.74, 6) is -0.467. The van der Waals surface area contributed by atoms with Gasteiger partial charge in [0.1, 0.15) is 11.3 Å². The zero-order valence-electron chi connectivity index (χ0n) is 14.7. The number of aromatic nitrogens is 3. The number of alkyl halides is 2. The summed E-state index contributed by atoms with van der Waals surface area (Å²) in [7, 11) is 0. The van der Waals surface area contributed by atoms with Crippen molar-refractivity contribution in [2.45, 2.75) is 20.5 Å². The minimum atomic E-state index is -2.96. The van der Waals surface area contributed by atoms with Gasteiger partial charge in [-0.05, 0) is 44.2 Å². The molecule has 0 N–H and O–H groups in total. The second kappa shape index (κ2) is 7.94. The van der Waals surface area contributed by atoms with E-state index in [9.17, 15) is 13.6 Å². The minimum absolute atomic E-state index is 0.00180. The number of ether oxygens (including phenoxy) is 2. The second-order valence-corrected chi connectivity index (χ2v) is 5.57. The number of carbonyl (C=O) groups is 1. The Balaban J connectivity index is 2.05. The first-order valence-corrected chi connectivity index (χ1v) is 8.23. The predicted molar refractivity (Wildman–Crippen MR) is 94.1 cm³/mol. The summed E-state index contributed by atoms with van der Waals surface area (Å²) in [6, 6.07) is 9.79. The fraction of sp³-hybridized carbons (Fsp3) is 0.211. The van der Waals surface area contributed by atoms with E-state index in [1.54, 1.807) is 56.6 Å². The largest absolute Gasteiger partial charge is 0.462 e. The van der Waals surface area contributed by atoms with Crippen molar-refractivity contribution in [1.82, 2.24) is 14.8 Å². The normalized spacial score (nSPS) is 10.9. The third kappa shape index (κ3) is 4.11. The maximum Gasteiger partial charge on any atom is 0.387 e. The van der Waals surface area contributed by atoms with Gasteiger partial charge in [0.15, 0.2) is 0 Å². The molecule has 2 aromatic heterocycles. The molecule has 3 rings (SSSR count). The monoisotopic (exact) mass is 373 g/mol. The molecule has 0 saturated heterocycles. The van der Waals surface area contributed by atoms with Crippen molar-refractivity contribution in [1.29, 1.82) is 0 Å². The summed E-state index contributed by atoms with van der Waals surface area (Å²) in [4.78, 5) is 16.2. The Hall–Kier alpha value is -3.29. The number of carbonyl (C=O) groups excluding carboxylic acids is 1. The number of nitrogens with zero attached hydrogens (tertiary/aromatic N) is 3. The van der Waals surface area contributed by atoms with Gasteiger partial charge in [-0.2, -0.15) is 13.9 Å². The highest BCUT2D eigenvalue weighted by molar-refractivity contribution is 5.90. The summed E-state index contributed by atoms with van der Waals surface area (Å²) >= 11 is 0. The molecule has 0 atom stereocenters. The van der Waals surface area contributed by atoms with E-state index < -0.39 is 12.6 Å². The molecule has 140 valence electrons. The first-order valence-electron chi connectivity index (χ1n) is 8.23. The Morgan fingerprint density at radius 2 is 2.07 bits per heavy atom. The highest BCUT2D eigenvalue weighted by Crippen LogP contribution is 2.32. The maximum absolute atomic E-state index is 12.7. The third-order valence-electron chi connectivity index (χ3n) is 3.78. The van der Waals surface area contributed by atoms with Crippen LogP contribution >= 0.6 is 0 Å². The number of benzene rings is 1. The lowest BCUT2D eigenvalue weighted by Gasteiger charge is -2.12. The van der Waals surface area contributed by atoms with Crippen LogP contribution in [0.2, 0.25) is 0 Å². The van der Waals surface area contributed by atoms with E-state index in [2.05, 4.69) is 14.8 Å². The Bertz CT molecular complexity index is 943. The van der Waals surface area contributed by atoms with Crippen molar-refractivity contribution < 1.29 is 23.0 Å². The molecule has 0 saturated carbocycles. The average molecular weight is 373 g/mol. The second-order valence-electron chi connectivity index (χ2n) is 5.57. The van der Waals surface area contributed by atoms with Crippen LogP contribution < -0.4 is 4.74 Å². The molecule has 3 aromatic rings. The van der Waals surface area contributed by atoms with E-state index in [1.165, 1.54) is 10.7 Å². The van der Waals surface area contributed by atoms with Gasteiger partial charge in [0, 0.05) is 18.0 Å². The van der Waals surface area contributed by atoms with Crippen molar-refractivity contribution in [3.05, 3.63) is 60.0 Å². The van der Waals surface area contributed by atoms with Crippen LogP contribution in [0, 0.1) is 6.92 Å². The topological polar surface area (TPSA) is 66.2 Å². The van der Waals surface area contributed by atoms with E-state index in [0.29, 0.717) is 28.2 Å². The van der Waals surface area contributed by atoms with Gasteiger partial charge in [0.05, 0.1) is 23.7 Å². The zero-order valence-corrected chi connectivity index (χ0v) is 14.7. The Labute approximate surface area is 154 Å². The fourth-order valence-corrected chi connectivity index (χ4v) is 2.58. The summed E-state index contributed by atoms with van der Waals surface area (Å²) in [5.41, 5.74) is 2.27. The number of esters is 1. The fourth-order valence-electron chi connectivity index (χ4n) is 2.58. The van der Waals surface area contributed by atoms with Gasteiger partial charge < -0.3 is 9.47 Å². The SMILES string of the molecule is CCOC(=O)c1cn(-c2ccc(OC(F)F)c(-c3ccccn3)c2)nc1C. The number of rotatable bonds is 6. The van der Waals surface area contributed by atoms with Gasteiger partial charge in [-0.3, -0.25) is 4.98 Å². The molecule has 0 radical (unpaired) electrons. The highest BCUT2D eigenvalue weighted by atomic mass is 19.3. The molecule has 27 heavy (non-hydrogen) atoms. The van der Waals surface area contributed by atoms with Crippen molar-refractivity contribution in [3.8, 4) is 22.7 Å². The molecule has 0 aliphatic heterocycles.